The van der Waals surface area contributed by atoms with Gasteiger partial charge in [0.15, 0.2) is 0 Å². The van der Waals surface area contributed by atoms with E-state index in [0.717, 1.165) is 0 Å². The van der Waals surface area contributed by atoms with E-state index in [4.69, 9.17) is 5.73 Å². The minimum atomic E-state index is -0.163. The maximum atomic E-state index is 11.6. The Hall–Kier alpha value is -1.84. The zero-order valence-corrected chi connectivity index (χ0v) is 8.27. The van der Waals surface area contributed by atoms with E-state index in [0.29, 0.717) is 30.6 Å². The second-order valence-electron chi connectivity index (χ2n) is 3.54. The number of nitrogen functional groups attached to an aromatic ring is 1. The number of amides is 2. The molecule has 78 valence electrons. The second kappa shape index (κ2) is 3.73. The number of nitrogens with two attached hydrogens (primary N) is 1. The third-order valence-corrected chi connectivity index (χ3v) is 2.46. The van der Waals surface area contributed by atoms with Crippen LogP contribution in [-0.4, -0.2) is 11.8 Å². The Morgan fingerprint density at radius 3 is 2.27 bits per heavy atom. The van der Waals surface area contributed by atoms with E-state index in [1.807, 2.05) is 0 Å². The summed E-state index contributed by atoms with van der Waals surface area (Å²) in [6.07, 6.45) is 1.47. The number of piperidine rings is 1. The number of rotatable bonds is 1. The molecule has 0 bridgehead atoms. The minimum absolute atomic E-state index is 0.163. The number of hydrogen-bond donors (Lipinski definition) is 1. The van der Waals surface area contributed by atoms with Gasteiger partial charge in [-0.3, -0.25) is 9.59 Å². The van der Waals surface area contributed by atoms with Gasteiger partial charge in [-0.15, -0.1) is 0 Å². The van der Waals surface area contributed by atoms with Crippen molar-refractivity contribution in [2.75, 3.05) is 10.6 Å². The number of carbonyl (C=O) groups excluding carboxylic acids is 2. The lowest BCUT2D eigenvalue weighted by Gasteiger charge is -2.25. The van der Waals surface area contributed by atoms with Gasteiger partial charge in [0.2, 0.25) is 11.8 Å². The average molecular weight is 204 g/mol. The van der Waals surface area contributed by atoms with Crippen molar-refractivity contribution in [3.05, 3.63) is 24.3 Å². The molecule has 4 nitrogen and oxygen atoms in total. The van der Waals surface area contributed by atoms with E-state index in [-0.39, 0.29) is 11.8 Å². The monoisotopic (exact) mass is 204 g/mol. The van der Waals surface area contributed by atoms with Gasteiger partial charge in [0.25, 0.3) is 0 Å². The third-order valence-electron chi connectivity index (χ3n) is 2.46. The molecular formula is C11H12N2O2. The molecule has 1 aromatic rings. The number of para-hydroxylation sites is 2. The fraction of sp³-hybridized carbons (Fsp3) is 0.273. The SMILES string of the molecule is Nc1ccccc1N1C(=O)CCCC1=O. The Balaban J connectivity index is 2.40. The summed E-state index contributed by atoms with van der Waals surface area (Å²) in [4.78, 5) is 24.4. The van der Waals surface area contributed by atoms with Crippen molar-refractivity contribution >= 4 is 23.2 Å². The minimum Gasteiger partial charge on any atom is -0.397 e. The number of carbonyl (C=O) groups is 2. The molecule has 0 spiro atoms. The van der Waals surface area contributed by atoms with Gasteiger partial charge in [-0.05, 0) is 18.6 Å². The maximum Gasteiger partial charge on any atom is 0.233 e. The molecule has 1 aromatic carbocycles. The Labute approximate surface area is 87.7 Å². The van der Waals surface area contributed by atoms with Crippen LogP contribution >= 0.6 is 0 Å². The molecule has 0 radical (unpaired) electrons. The number of hydrogen-bond acceptors (Lipinski definition) is 3. The summed E-state index contributed by atoms with van der Waals surface area (Å²) >= 11 is 0. The predicted molar refractivity (Wildman–Crippen MR) is 57.2 cm³/mol. The lowest BCUT2D eigenvalue weighted by molar-refractivity contribution is -0.129. The van der Waals surface area contributed by atoms with Gasteiger partial charge in [-0.1, -0.05) is 12.1 Å². The molecule has 2 N–H and O–H groups in total. The fourth-order valence-corrected chi connectivity index (χ4v) is 1.71. The Morgan fingerprint density at radius 1 is 1.07 bits per heavy atom. The molecule has 1 aliphatic heterocycles. The van der Waals surface area contributed by atoms with Gasteiger partial charge >= 0.3 is 0 Å². The van der Waals surface area contributed by atoms with Crippen LogP contribution in [0.5, 0.6) is 0 Å². The van der Waals surface area contributed by atoms with E-state index in [1.165, 1.54) is 4.90 Å². The first-order chi connectivity index (χ1) is 7.20. The van der Waals surface area contributed by atoms with Crippen LogP contribution in [0.25, 0.3) is 0 Å². The largest absolute Gasteiger partial charge is 0.397 e. The fourth-order valence-electron chi connectivity index (χ4n) is 1.71. The highest BCUT2D eigenvalue weighted by molar-refractivity contribution is 6.17. The van der Waals surface area contributed by atoms with Crippen molar-refractivity contribution in [2.24, 2.45) is 0 Å². The first kappa shape index (κ1) is 9.71. The van der Waals surface area contributed by atoms with Crippen molar-refractivity contribution in [2.45, 2.75) is 19.3 Å². The average Bonchev–Trinajstić information content (AvgIpc) is 2.20. The zero-order chi connectivity index (χ0) is 10.8. The Morgan fingerprint density at radius 2 is 1.67 bits per heavy atom. The highest BCUT2D eigenvalue weighted by Gasteiger charge is 2.28. The molecule has 0 atom stereocenters. The number of nitrogens with zero attached hydrogens (tertiary/aromatic N) is 1. The molecule has 1 fully saturated rings. The van der Waals surface area contributed by atoms with Crippen LogP contribution in [0, 0.1) is 0 Å². The Bertz CT molecular complexity index is 399. The molecule has 0 saturated carbocycles. The zero-order valence-electron chi connectivity index (χ0n) is 8.27. The van der Waals surface area contributed by atoms with E-state index < -0.39 is 0 Å². The van der Waals surface area contributed by atoms with Crippen LogP contribution in [0.3, 0.4) is 0 Å². The van der Waals surface area contributed by atoms with Crippen molar-refractivity contribution in [1.82, 2.24) is 0 Å². The van der Waals surface area contributed by atoms with Crippen molar-refractivity contribution < 1.29 is 9.59 Å². The molecule has 2 rings (SSSR count). The molecule has 15 heavy (non-hydrogen) atoms. The Kier molecular flexibility index (Phi) is 2.41. The lowest BCUT2D eigenvalue weighted by atomic mass is 10.1. The predicted octanol–water partition coefficient (Wildman–Crippen LogP) is 1.31. The summed E-state index contributed by atoms with van der Waals surface area (Å²) in [5.74, 6) is -0.326. The van der Waals surface area contributed by atoms with Crippen molar-refractivity contribution in [3.63, 3.8) is 0 Å². The van der Waals surface area contributed by atoms with Gasteiger partial charge in [-0.2, -0.15) is 0 Å². The first-order valence-corrected chi connectivity index (χ1v) is 4.90. The quantitative estimate of drug-likeness (QED) is 0.554. The van der Waals surface area contributed by atoms with Crippen LogP contribution in [0.2, 0.25) is 0 Å². The van der Waals surface area contributed by atoms with E-state index >= 15 is 0 Å². The summed E-state index contributed by atoms with van der Waals surface area (Å²) in [6.45, 7) is 0. The van der Waals surface area contributed by atoms with Crippen LogP contribution in [0.4, 0.5) is 11.4 Å². The summed E-state index contributed by atoms with van der Waals surface area (Å²) in [7, 11) is 0. The number of benzene rings is 1. The van der Waals surface area contributed by atoms with Crippen LogP contribution in [0.1, 0.15) is 19.3 Å². The van der Waals surface area contributed by atoms with Crippen molar-refractivity contribution in [3.8, 4) is 0 Å². The first-order valence-electron chi connectivity index (χ1n) is 4.90. The van der Waals surface area contributed by atoms with Gasteiger partial charge in [0.05, 0.1) is 11.4 Å². The second-order valence-corrected chi connectivity index (χ2v) is 3.54. The molecule has 2 amide bonds. The van der Waals surface area contributed by atoms with Gasteiger partial charge < -0.3 is 5.73 Å². The van der Waals surface area contributed by atoms with Crippen LogP contribution in [-0.2, 0) is 9.59 Å². The van der Waals surface area contributed by atoms with Crippen LogP contribution in [0.15, 0.2) is 24.3 Å². The van der Waals surface area contributed by atoms with Crippen molar-refractivity contribution in [1.29, 1.82) is 0 Å². The molecule has 1 aliphatic rings. The molecule has 0 aromatic heterocycles. The molecule has 4 heteroatoms. The molecule has 1 saturated heterocycles. The summed E-state index contributed by atoms with van der Waals surface area (Å²) in [6, 6.07) is 6.92. The normalized spacial score (nSPS) is 16.9. The highest BCUT2D eigenvalue weighted by Crippen LogP contribution is 2.26. The van der Waals surface area contributed by atoms with E-state index in [9.17, 15) is 9.59 Å². The standard InChI is InChI=1S/C11H12N2O2/c12-8-4-1-2-5-9(8)13-10(14)6-3-7-11(13)15/h1-2,4-5H,3,6-7,12H2. The summed E-state index contributed by atoms with van der Waals surface area (Å²) in [5.41, 5.74) is 6.70. The smallest absolute Gasteiger partial charge is 0.233 e. The number of imide groups is 1. The lowest BCUT2D eigenvalue weighted by Crippen LogP contribution is -2.40. The van der Waals surface area contributed by atoms with Gasteiger partial charge in [0, 0.05) is 12.8 Å². The van der Waals surface area contributed by atoms with E-state index in [1.54, 1.807) is 24.3 Å². The molecule has 1 heterocycles. The number of anilines is 2. The molecular weight excluding hydrogens is 192 g/mol. The molecule has 0 aliphatic carbocycles. The van der Waals surface area contributed by atoms with Crippen LogP contribution < -0.4 is 10.6 Å². The summed E-state index contributed by atoms with van der Waals surface area (Å²) in [5, 5.41) is 0. The third kappa shape index (κ3) is 1.70. The highest BCUT2D eigenvalue weighted by atomic mass is 16.2. The topological polar surface area (TPSA) is 63.4 Å². The molecule has 0 unspecified atom stereocenters. The van der Waals surface area contributed by atoms with Gasteiger partial charge in [-0.25, -0.2) is 4.90 Å². The summed E-state index contributed by atoms with van der Waals surface area (Å²) < 4.78 is 0. The van der Waals surface area contributed by atoms with E-state index in [2.05, 4.69) is 0 Å². The maximum absolute atomic E-state index is 11.6. The van der Waals surface area contributed by atoms with Gasteiger partial charge in [0.1, 0.15) is 0 Å².